The molecule has 1 aliphatic heterocycles. The van der Waals surface area contributed by atoms with Crippen LogP contribution in [0.4, 0.5) is 5.69 Å². The fraction of sp³-hybridized carbons (Fsp3) is 0.400. The average Bonchev–Trinajstić information content (AvgIpc) is 2.48. The van der Waals surface area contributed by atoms with E-state index in [1.165, 1.54) is 5.69 Å². The summed E-state index contributed by atoms with van der Waals surface area (Å²) in [5.74, 6) is 3.15. The SMILES string of the molecule is C#CCCN=C(N)N1CCN(c2ccc(Cl)cc2)CC1. The van der Waals surface area contributed by atoms with Gasteiger partial charge in [-0.1, -0.05) is 11.6 Å². The second-order valence-corrected chi connectivity index (χ2v) is 5.08. The first-order chi connectivity index (χ1) is 9.70. The molecule has 5 heteroatoms. The first-order valence-electron chi connectivity index (χ1n) is 6.69. The van der Waals surface area contributed by atoms with E-state index in [0.29, 0.717) is 18.9 Å². The zero-order valence-electron chi connectivity index (χ0n) is 11.4. The summed E-state index contributed by atoms with van der Waals surface area (Å²) >= 11 is 5.90. The van der Waals surface area contributed by atoms with Crippen LogP contribution in [0.2, 0.25) is 5.02 Å². The molecule has 1 aromatic carbocycles. The van der Waals surface area contributed by atoms with Gasteiger partial charge < -0.3 is 15.5 Å². The van der Waals surface area contributed by atoms with Crippen molar-refractivity contribution in [2.24, 2.45) is 10.7 Å². The summed E-state index contributed by atoms with van der Waals surface area (Å²) in [6.07, 6.45) is 5.83. The molecule has 0 atom stereocenters. The lowest BCUT2D eigenvalue weighted by molar-refractivity contribution is 0.381. The Balaban J connectivity index is 1.87. The number of rotatable bonds is 3. The van der Waals surface area contributed by atoms with Crippen LogP contribution >= 0.6 is 11.6 Å². The van der Waals surface area contributed by atoms with E-state index < -0.39 is 0 Å². The third-order valence-corrected chi connectivity index (χ3v) is 3.58. The van der Waals surface area contributed by atoms with Gasteiger partial charge in [-0.25, -0.2) is 0 Å². The second kappa shape index (κ2) is 7.06. The predicted octanol–water partition coefficient (Wildman–Crippen LogP) is 1.80. The highest BCUT2D eigenvalue weighted by molar-refractivity contribution is 6.30. The summed E-state index contributed by atoms with van der Waals surface area (Å²) in [5, 5.41) is 0.761. The molecule has 1 heterocycles. The summed E-state index contributed by atoms with van der Waals surface area (Å²) in [5.41, 5.74) is 7.16. The van der Waals surface area contributed by atoms with Gasteiger partial charge in [0.15, 0.2) is 5.96 Å². The van der Waals surface area contributed by atoms with Crippen LogP contribution in [0, 0.1) is 12.3 Å². The van der Waals surface area contributed by atoms with Crippen LogP contribution in [-0.2, 0) is 0 Å². The summed E-state index contributed by atoms with van der Waals surface area (Å²) in [6, 6.07) is 7.92. The van der Waals surface area contributed by atoms with Crippen molar-refractivity contribution in [1.82, 2.24) is 4.90 Å². The van der Waals surface area contributed by atoms with E-state index >= 15 is 0 Å². The number of nitrogens with two attached hydrogens (primary N) is 1. The lowest BCUT2D eigenvalue weighted by atomic mass is 10.2. The summed E-state index contributed by atoms with van der Waals surface area (Å²) in [6.45, 7) is 4.18. The van der Waals surface area contributed by atoms with Crippen molar-refractivity contribution in [2.45, 2.75) is 6.42 Å². The van der Waals surface area contributed by atoms with Crippen molar-refractivity contribution in [1.29, 1.82) is 0 Å². The molecule has 0 saturated carbocycles. The number of anilines is 1. The molecular weight excluding hydrogens is 272 g/mol. The summed E-state index contributed by atoms with van der Waals surface area (Å²) in [7, 11) is 0. The number of terminal acetylenes is 1. The minimum atomic E-state index is 0.594. The van der Waals surface area contributed by atoms with Gasteiger partial charge in [0.05, 0.1) is 6.54 Å². The molecule has 0 unspecified atom stereocenters. The van der Waals surface area contributed by atoms with E-state index in [2.05, 4.69) is 20.7 Å². The molecule has 0 bridgehead atoms. The van der Waals surface area contributed by atoms with Crippen LogP contribution in [0.25, 0.3) is 0 Å². The molecule has 1 fully saturated rings. The largest absolute Gasteiger partial charge is 0.370 e. The minimum Gasteiger partial charge on any atom is -0.370 e. The van der Waals surface area contributed by atoms with Crippen LogP contribution in [0.15, 0.2) is 29.3 Å². The Morgan fingerprint density at radius 1 is 1.25 bits per heavy atom. The second-order valence-electron chi connectivity index (χ2n) is 4.64. The Hall–Kier alpha value is -1.86. The molecule has 0 spiro atoms. The number of aliphatic imine (C=N–C) groups is 1. The Labute approximate surface area is 125 Å². The minimum absolute atomic E-state index is 0.594. The van der Waals surface area contributed by atoms with Gasteiger partial charge in [0, 0.05) is 43.3 Å². The lowest BCUT2D eigenvalue weighted by Gasteiger charge is -2.36. The Bertz CT molecular complexity index is 496. The molecule has 0 amide bonds. The molecule has 1 aromatic rings. The van der Waals surface area contributed by atoms with Gasteiger partial charge in [0.2, 0.25) is 0 Å². The average molecular weight is 291 g/mol. The van der Waals surface area contributed by atoms with Gasteiger partial charge in [-0.2, -0.15) is 0 Å². The fourth-order valence-corrected chi connectivity index (χ4v) is 2.31. The van der Waals surface area contributed by atoms with Crippen LogP contribution < -0.4 is 10.6 Å². The molecule has 0 aromatic heterocycles. The number of piperazine rings is 1. The summed E-state index contributed by atoms with van der Waals surface area (Å²) in [4.78, 5) is 8.71. The number of benzene rings is 1. The van der Waals surface area contributed by atoms with E-state index in [4.69, 9.17) is 23.8 Å². The predicted molar refractivity (Wildman–Crippen MR) is 85.2 cm³/mol. The Morgan fingerprint density at radius 2 is 1.90 bits per heavy atom. The van der Waals surface area contributed by atoms with Gasteiger partial charge in [-0.3, -0.25) is 4.99 Å². The van der Waals surface area contributed by atoms with Crippen LogP contribution in [-0.4, -0.2) is 43.6 Å². The van der Waals surface area contributed by atoms with Crippen molar-refractivity contribution < 1.29 is 0 Å². The highest BCUT2D eigenvalue weighted by Gasteiger charge is 2.18. The molecule has 1 saturated heterocycles. The first-order valence-corrected chi connectivity index (χ1v) is 7.07. The van der Waals surface area contributed by atoms with Crippen molar-refractivity contribution >= 4 is 23.2 Å². The smallest absolute Gasteiger partial charge is 0.191 e. The topological polar surface area (TPSA) is 44.9 Å². The maximum Gasteiger partial charge on any atom is 0.191 e. The number of hydrogen-bond donors (Lipinski definition) is 1. The molecule has 2 N–H and O–H groups in total. The van der Waals surface area contributed by atoms with Gasteiger partial charge in [-0.15, -0.1) is 12.3 Å². The van der Waals surface area contributed by atoms with Crippen LogP contribution in [0.5, 0.6) is 0 Å². The van der Waals surface area contributed by atoms with Gasteiger partial charge in [0.25, 0.3) is 0 Å². The highest BCUT2D eigenvalue weighted by Crippen LogP contribution is 2.19. The normalized spacial score (nSPS) is 16.1. The van der Waals surface area contributed by atoms with Crippen molar-refractivity contribution in [3.63, 3.8) is 0 Å². The van der Waals surface area contributed by atoms with E-state index in [1.54, 1.807) is 0 Å². The van der Waals surface area contributed by atoms with E-state index in [9.17, 15) is 0 Å². The number of nitrogens with zero attached hydrogens (tertiary/aromatic N) is 3. The number of guanidine groups is 1. The van der Waals surface area contributed by atoms with Crippen LogP contribution in [0.1, 0.15) is 6.42 Å². The van der Waals surface area contributed by atoms with E-state index in [1.807, 2.05) is 24.3 Å². The zero-order chi connectivity index (χ0) is 14.4. The molecule has 2 rings (SSSR count). The quantitative estimate of drug-likeness (QED) is 0.400. The summed E-state index contributed by atoms with van der Waals surface area (Å²) < 4.78 is 0. The molecule has 20 heavy (non-hydrogen) atoms. The number of hydrogen-bond acceptors (Lipinski definition) is 2. The van der Waals surface area contributed by atoms with Gasteiger partial charge >= 0.3 is 0 Å². The molecule has 1 aliphatic rings. The van der Waals surface area contributed by atoms with E-state index in [0.717, 1.165) is 31.2 Å². The van der Waals surface area contributed by atoms with E-state index in [-0.39, 0.29) is 0 Å². The molecule has 4 nitrogen and oxygen atoms in total. The van der Waals surface area contributed by atoms with Gasteiger partial charge in [0.1, 0.15) is 0 Å². The van der Waals surface area contributed by atoms with Crippen molar-refractivity contribution in [3.8, 4) is 12.3 Å². The third kappa shape index (κ3) is 3.82. The first kappa shape index (κ1) is 14.5. The van der Waals surface area contributed by atoms with Gasteiger partial charge in [-0.05, 0) is 24.3 Å². The molecular formula is C15H19ClN4. The van der Waals surface area contributed by atoms with Crippen LogP contribution in [0.3, 0.4) is 0 Å². The maximum absolute atomic E-state index is 5.96. The van der Waals surface area contributed by atoms with Crippen molar-refractivity contribution in [3.05, 3.63) is 29.3 Å². The zero-order valence-corrected chi connectivity index (χ0v) is 12.2. The molecule has 0 radical (unpaired) electrons. The van der Waals surface area contributed by atoms with Crippen molar-refractivity contribution in [2.75, 3.05) is 37.6 Å². The number of halogens is 1. The molecule has 0 aliphatic carbocycles. The Kier molecular flexibility index (Phi) is 5.14. The monoisotopic (exact) mass is 290 g/mol. The lowest BCUT2D eigenvalue weighted by Crippen LogP contribution is -2.51. The standard InChI is InChI=1S/C15H19ClN4/c1-2-3-8-18-15(17)20-11-9-19(10-12-20)14-6-4-13(16)5-7-14/h1,4-7H,3,8-12H2,(H2,17,18). The highest BCUT2D eigenvalue weighted by atomic mass is 35.5. The molecule has 106 valence electrons. The fourth-order valence-electron chi connectivity index (χ4n) is 2.18. The maximum atomic E-state index is 5.96. The Morgan fingerprint density at radius 3 is 2.50 bits per heavy atom. The third-order valence-electron chi connectivity index (χ3n) is 3.33.